The van der Waals surface area contributed by atoms with Crippen LogP contribution in [0.15, 0.2) is 41.6 Å². The third-order valence-electron chi connectivity index (χ3n) is 9.88. The molecular formula is C34H41F2N3O4. The first-order chi connectivity index (χ1) is 20.7. The normalized spacial score (nSPS) is 23.3. The Bertz CT molecular complexity index is 1410. The molecule has 43 heavy (non-hydrogen) atoms. The zero-order valence-corrected chi connectivity index (χ0v) is 25.2. The lowest BCUT2D eigenvalue weighted by atomic mass is 9.80. The lowest BCUT2D eigenvalue weighted by Crippen LogP contribution is -2.61. The molecule has 3 heterocycles. The van der Waals surface area contributed by atoms with Crippen molar-refractivity contribution in [3.63, 3.8) is 0 Å². The lowest BCUT2D eigenvalue weighted by Gasteiger charge is -2.46. The fourth-order valence-corrected chi connectivity index (χ4v) is 6.78. The van der Waals surface area contributed by atoms with Crippen molar-refractivity contribution < 1.29 is 27.9 Å². The number of esters is 1. The van der Waals surface area contributed by atoms with Gasteiger partial charge in [-0.3, -0.25) is 9.69 Å². The van der Waals surface area contributed by atoms with E-state index in [1.807, 2.05) is 19.9 Å². The van der Waals surface area contributed by atoms with Crippen molar-refractivity contribution in [1.82, 2.24) is 9.80 Å². The van der Waals surface area contributed by atoms with Crippen LogP contribution in [0.5, 0.6) is 5.75 Å². The summed E-state index contributed by atoms with van der Waals surface area (Å²) in [5.74, 6) is 1.72. The third-order valence-corrected chi connectivity index (χ3v) is 9.88. The molecule has 2 aliphatic carbocycles. The van der Waals surface area contributed by atoms with E-state index >= 15 is 0 Å². The first kappa shape index (κ1) is 28.6. The van der Waals surface area contributed by atoms with Gasteiger partial charge in [-0.2, -0.15) is 0 Å². The zero-order valence-electron chi connectivity index (χ0n) is 25.2. The van der Waals surface area contributed by atoms with E-state index in [1.54, 1.807) is 12.1 Å². The van der Waals surface area contributed by atoms with Gasteiger partial charge in [0.1, 0.15) is 29.7 Å². The van der Waals surface area contributed by atoms with Crippen molar-refractivity contribution in [3.05, 3.63) is 53.3 Å². The number of nitrogens with zero attached hydrogens (tertiary/aromatic N) is 3. The minimum absolute atomic E-state index is 0.0466. The highest BCUT2D eigenvalue weighted by atomic mass is 19.1. The first-order valence-corrected chi connectivity index (χ1v) is 15.8. The molecule has 230 valence electrons. The van der Waals surface area contributed by atoms with Crippen molar-refractivity contribution >= 4 is 11.8 Å². The van der Waals surface area contributed by atoms with Gasteiger partial charge in [-0.05, 0) is 93.2 Å². The summed E-state index contributed by atoms with van der Waals surface area (Å²) in [6.07, 6.45) is 5.56. The van der Waals surface area contributed by atoms with Crippen LogP contribution in [0.4, 0.5) is 8.78 Å². The van der Waals surface area contributed by atoms with Crippen LogP contribution in [0.2, 0.25) is 0 Å². The summed E-state index contributed by atoms with van der Waals surface area (Å²) in [6, 6.07) is 10.8. The quantitative estimate of drug-likeness (QED) is 0.323. The molecule has 5 aliphatic rings. The Hall–Kier alpha value is -3.20. The summed E-state index contributed by atoms with van der Waals surface area (Å²) in [4.78, 5) is 23.1. The number of piperidine rings is 1. The third kappa shape index (κ3) is 5.85. The number of carbonyl (C=O) groups excluding carboxylic acids is 1. The summed E-state index contributed by atoms with van der Waals surface area (Å²) in [5, 5.41) is 4.49. The fraction of sp³-hybridized carbons (Fsp3) is 0.588. The number of oxime groups is 1. The summed E-state index contributed by atoms with van der Waals surface area (Å²) in [6.45, 7) is 8.12. The van der Waals surface area contributed by atoms with Gasteiger partial charge in [-0.1, -0.05) is 23.4 Å². The van der Waals surface area contributed by atoms with Gasteiger partial charge >= 0.3 is 5.97 Å². The SMILES string of the molecule is CCOC(=O)C1(C)CCN(C2=NOC3(C2)CN(Cc2cc(OCC4(F)CC4)c(-c4ccc(F)cc4)c(C4CC4)c2)C3)CC1. The van der Waals surface area contributed by atoms with Gasteiger partial charge < -0.3 is 19.2 Å². The second kappa shape index (κ2) is 10.8. The molecule has 2 aromatic rings. The van der Waals surface area contributed by atoms with Crippen LogP contribution in [0.3, 0.4) is 0 Å². The lowest BCUT2D eigenvalue weighted by molar-refractivity contribution is -0.156. The Morgan fingerprint density at radius 2 is 1.81 bits per heavy atom. The van der Waals surface area contributed by atoms with Crippen LogP contribution in [0.1, 0.15) is 75.8 Å². The van der Waals surface area contributed by atoms with Crippen molar-refractivity contribution in [1.29, 1.82) is 0 Å². The van der Waals surface area contributed by atoms with Crippen LogP contribution in [0.25, 0.3) is 11.1 Å². The molecule has 0 unspecified atom stereocenters. The Morgan fingerprint density at radius 1 is 1.09 bits per heavy atom. The second-order valence-electron chi connectivity index (χ2n) is 13.7. The largest absolute Gasteiger partial charge is 0.490 e. The van der Waals surface area contributed by atoms with E-state index in [4.69, 9.17) is 14.3 Å². The average Bonchev–Trinajstić information content (AvgIpc) is 3.91. The van der Waals surface area contributed by atoms with Crippen molar-refractivity contribution in [2.75, 3.05) is 39.4 Å². The van der Waals surface area contributed by atoms with E-state index in [2.05, 4.69) is 21.0 Å². The Morgan fingerprint density at radius 3 is 2.47 bits per heavy atom. The van der Waals surface area contributed by atoms with Crippen LogP contribution in [-0.4, -0.2) is 72.3 Å². The van der Waals surface area contributed by atoms with Gasteiger partial charge in [0, 0.05) is 38.3 Å². The maximum Gasteiger partial charge on any atom is 0.311 e. The van der Waals surface area contributed by atoms with E-state index in [0.717, 1.165) is 87.4 Å². The molecule has 2 saturated carbocycles. The van der Waals surface area contributed by atoms with E-state index in [0.29, 0.717) is 31.1 Å². The molecule has 1 spiro atoms. The highest BCUT2D eigenvalue weighted by Crippen LogP contribution is 2.49. The molecule has 3 aliphatic heterocycles. The monoisotopic (exact) mass is 593 g/mol. The number of amidine groups is 1. The predicted molar refractivity (Wildman–Crippen MR) is 159 cm³/mol. The topological polar surface area (TPSA) is 63.6 Å². The molecule has 7 rings (SSSR count). The number of rotatable bonds is 9. The summed E-state index contributed by atoms with van der Waals surface area (Å²) >= 11 is 0. The molecule has 2 aromatic carbocycles. The number of carbonyl (C=O) groups is 1. The minimum Gasteiger partial charge on any atom is -0.490 e. The minimum atomic E-state index is -1.23. The number of benzene rings is 2. The molecule has 2 saturated heterocycles. The Labute approximate surface area is 252 Å². The van der Waals surface area contributed by atoms with Gasteiger partial charge in [-0.15, -0.1) is 0 Å². The number of hydrogen-bond acceptors (Lipinski definition) is 7. The maximum atomic E-state index is 14.6. The van der Waals surface area contributed by atoms with E-state index in [9.17, 15) is 13.6 Å². The Balaban J connectivity index is 1.01. The maximum absolute atomic E-state index is 14.6. The van der Waals surface area contributed by atoms with Gasteiger partial charge in [0.15, 0.2) is 5.60 Å². The molecule has 4 fully saturated rings. The van der Waals surface area contributed by atoms with Gasteiger partial charge in [0.2, 0.25) is 0 Å². The van der Waals surface area contributed by atoms with Gasteiger partial charge in [-0.25, -0.2) is 8.78 Å². The smallest absolute Gasteiger partial charge is 0.311 e. The standard InChI is InChI=1S/C34H41F2N3O4/c1-3-41-31(40)32(2)12-14-39(15-13-32)29-18-34(43-37-29)20-38(21-34)19-23-16-27(24-4-5-24)30(25-6-8-26(35)9-7-25)28(17-23)42-22-33(36)10-11-33/h6-9,16-17,24H,3-5,10-15,18-22H2,1-2H3. The zero-order chi connectivity index (χ0) is 29.8. The summed E-state index contributed by atoms with van der Waals surface area (Å²) < 4.78 is 39.9. The molecular weight excluding hydrogens is 552 g/mol. The van der Waals surface area contributed by atoms with Crippen molar-refractivity contribution in [2.45, 2.75) is 82.5 Å². The number of ether oxygens (including phenoxy) is 2. The molecule has 0 N–H and O–H groups in total. The van der Waals surface area contributed by atoms with Gasteiger partial charge in [0.05, 0.1) is 18.4 Å². The molecule has 9 heteroatoms. The highest BCUT2D eigenvalue weighted by Gasteiger charge is 2.51. The summed E-state index contributed by atoms with van der Waals surface area (Å²) in [7, 11) is 0. The number of halogens is 2. The number of likely N-dealkylation sites (tertiary alicyclic amines) is 2. The number of hydrogen-bond donors (Lipinski definition) is 0. The molecule has 0 aromatic heterocycles. The second-order valence-corrected chi connectivity index (χ2v) is 13.7. The van der Waals surface area contributed by atoms with E-state index < -0.39 is 11.1 Å². The number of alkyl halides is 1. The van der Waals surface area contributed by atoms with Crippen molar-refractivity contribution in [3.8, 4) is 16.9 Å². The van der Waals surface area contributed by atoms with E-state index in [-0.39, 0.29) is 24.0 Å². The predicted octanol–water partition coefficient (Wildman–Crippen LogP) is 6.20. The first-order valence-electron chi connectivity index (χ1n) is 15.8. The molecule has 0 bridgehead atoms. The molecule has 7 nitrogen and oxygen atoms in total. The fourth-order valence-electron chi connectivity index (χ4n) is 6.78. The van der Waals surface area contributed by atoms with Crippen LogP contribution < -0.4 is 4.74 Å². The summed E-state index contributed by atoms with van der Waals surface area (Å²) in [5.41, 5.74) is 2.23. The molecule has 0 atom stereocenters. The Kier molecular flexibility index (Phi) is 7.14. The van der Waals surface area contributed by atoms with Crippen LogP contribution >= 0.6 is 0 Å². The van der Waals surface area contributed by atoms with Crippen molar-refractivity contribution in [2.24, 2.45) is 10.6 Å². The molecule has 0 radical (unpaired) electrons. The molecule has 0 amide bonds. The van der Waals surface area contributed by atoms with Crippen LogP contribution in [0, 0.1) is 11.2 Å². The average molecular weight is 594 g/mol. The van der Waals surface area contributed by atoms with Gasteiger partial charge in [0.25, 0.3) is 0 Å². The van der Waals surface area contributed by atoms with E-state index in [1.165, 1.54) is 17.7 Å². The van der Waals surface area contributed by atoms with Crippen LogP contribution in [-0.2, 0) is 20.9 Å². The highest BCUT2D eigenvalue weighted by molar-refractivity contribution is 5.85.